The Hall–Kier alpha value is -2.82. The van der Waals surface area contributed by atoms with E-state index in [0.717, 1.165) is 5.56 Å². The van der Waals surface area contributed by atoms with Gasteiger partial charge in [-0.2, -0.15) is 0 Å². The second-order valence-corrected chi connectivity index (χ2v) is 4.48. The minimum atomic E-state index is -0.348. The molecule has 0 bridgehead atoms. The molecule has 1 aromatic heterocycles. The molecule has 0 amide bonds. The number of nitrogens with zero attached hydrogens (tertiary/aromatic N) is 1. The third-order valence-electron chi connectivity index (χ3n) is 3.19. The number of anilines is 1. The van der Waals surface area contributed by atoms with Gasteiger partial charge in [-0.1, -0.05) is 29.4 Å². The molecule has 0 aliphatic rings. The first-order valence-electron chi connectivity index (χ1n) is 6.35. The lowest BCUT2D eigenvalue weighted by Crippen LogP contribution is -1.91. The Kier molecular flexibility index (Phi) is 3.31. The number of hydrogen-bond acceptors (Lipinski definition) is 4. The second-order valence-electron chi connectivity index (χ2n) is 4.48. The molecule has 0 spiro atoms. The lowest BCUT2D eigenvalue weighted by atomic mass is 10.0. The van der Waals surface area contributed by atoms with Crippen molar-refractivity contribution >= 4 is 5.88 Å². The summed E-state index contributed by atoms with van der Waals surface area (Å²) in [7, 11) is 1.57. The maximum Gasteiger partial charge on any atom is 0.230 e. The molecule has 106 valence electrons. The zero-order valence-electron chi connectivity index (χ0n) is 11.3. The van der Waals surface area contributed by atoms with E-state index in [4.69, 9.17) is 15.0 Å². The first-order chi connectivity index (χ1) is 10.2. The molecule has 5 heteroatoms. The highest BCUT2D eigenvalue weighted by Gasteiger charge is 2.20. The number of para-hydroxylation sites is 1. The van der Waals surface area contributed by atoms with Crippen LogP contribution in [-0.4, -0.2) is 12.3 Å². The van der Waals surface area contributed by atoms with E-state index in [9.17, 15) is 4.39 Å². The molecule has 0 unspecified atom stereocenters. The molecule has 2 N–H and O–H groups in total. The normalized spacial score (nSPS) is 10.6. The number of methoxy groups -OCH3 is 1. The quantitative estimate of drug-likeness (QED) is 0.796. The average Bonchev–Trinajstić information content (AvgIpc) is 2.88. The summed E-state index contributed by atoms with van der Waals surface area (Å²) in [6.07, 6.45) is 0. The molecular formula is C16H13FN2O2. The Balaban J connectivity index is 2.22. The van der Waals surface area contributed by atoms with Crippen LogP contribution < -0.4 is 10.5 Å². The van der Waals surface area contributed by atoms with Crippen molar-refractivity contribution in [3.05, 3.63) is 54.3 Å². The lowest BCUT2D eigenvalue weighted by molar-refractivity contribution is 0.414. The molecule has 0 radical (unpaired) electrons. The van der Waals surface area contributed by atoms with Gasteiger partial charge in [0.25, 0.3) is 0 Å². The number of nitrogens with two attached hydrogens (primary N) is 1. The van der Waals surface area contributed by atoms with Crippen LogP contribution >= 0.6 is 0 Å². The smallest absolute Gasteiger partial charge is 0.230 e. The average molecular weight is 284 g/mol. The van der Waals surface area contributed by atoms with Crippen molar-refractivity contribution in [2.24, 2.45) is 0 Å². The summed E-state index contributed by atoms with van der Waals surface area (Å²) < 4.78 is 23.9. The van der Waals surface area contributed by atoms with Crippen LogP contribution in [0.2, 0.25) is 0 Å². The molecule has 0 saturated heterocycles. The van der Waals surface area contributed by atoms with Gasteiger partial charge in [0, 0.05) is 5.56 Å². The molecule has 2 aromatic carbocycles. The zero-order chi connectivity index (χ0) is 14.8. The minimum Gasteiger partial charge on any atom is -0.496 e. The van der Waals surface area contributed by atoms with Gasteiger partial charge in [-0.3, -0.25) is 0 Å². The highest BCUT2D eigenvalue weighted by Crippen LogP contribution is 2.39. The monoisotopic (exact) mass is 284 g/mol. The first-order valence-corrected chi connectivity index (χ1v) is 6.35. The fourth-order valence-electron chi connectivity index (χ4n) is 2.25. The van der Waals surface area contributed by atoms with Crippen LogP contribution in [0.25, 0.3) is 22.4 Å². The van der Waals surface area contributed by atoms with E-state index in [1.54, 1.807) is 19.2 Å². The molecule has 0 atom stereocenters. The predicted molar refractivity (Wildman–Crippen MR) is 78.3 cm³/mol. The van der Waals surface area contributed by atoms with Gasteiger partial charge in [-0.05, 0) is 29.8 Å². The van der Waals surface area contributed by atoms with Crippen molar-refractivity contribution < 1.29 is 13.7 Å². The Morgan fingerprint density at radius 3 is 2.71 bits per heavy atom. The molecular weight excluding hydrogens is 271 g/mol. The van der Waals surface area contributed by atoms with E-state index in [1.165, 1.54) is 12.1 Å². The van der Waals surface area contributed by atoms with Crippen LogP contribution in [0.15, 0.2) is 53.1 Å². The summed E-state index contributed by atoms with van der Waals surface area (Å²) in [6.45, 7) is 0. The Labute approximate surface area is 120 Å². The Morgan fingerprint density at radius 2 is 1.95 bits per heavy atom. The van der Waals surface area contributed by atoms with Crippen molar-refractivity contribution in [2.75, 3.05) is 12.8 Å². The van der Waals surface area contributed by atoms with E-state index in [0.29, 0.717) is 22.6 Å². The molecule has 1 heterocycles. The summed E-state index contributed by atoms with van der Waals surface area (Å²) in [4.78, 5) is 0. The standard InChI is InChI=1S/C16H13FN2O2/c1-20-13-8-3-2-7-12(13)15-14(16(18)21-19-15)10-5-4-6-11(17)9-10/h2-9H,18H2,1H3. The molecule has 3 rings (SSSR count). The third-order valence-corrected chi connectivity index (χ3v) is 3.19. The third kappa shape index (κ3) is 2.33. The topological polar surface area (TPSA) is 61.3 Å². The summed E-state index contributed by atoms with van der Waals surface area (Å²) in [5.74, 6) is 0.434. The zero-order valence-corrected chi connectivity index (χ0v) is 11.3. The highest BCUT2D eigenvalue weighted by molar-refractivity contribution is 5.88. The highest BCUT2D eigenvalue weighted by atomic mass is 19.1. The number of benzene rings is 2. The number of ether oxygens (including phenoxy) is 1. The van der Waals surface area contributed by atoms with E-state index < -0.39 is 0 Å². The number of nitrogen functional groups attached to an aromatic ring is 1. The van der Waals surface area contributed by atoms with Gasteiger partial charge in [0.05, 0.1) is 12.7 Å². The van der Waals surface area contributed by atoms with Crippen LogP contribution in [0.4, 0.5) is 10.3 Å². The minimum absolute atomic E-state index is 0.140. The van der Waals surface area contributed by atoms with Crippen LogP contribution in [0.3, 0.4) is 0 Å². The van der Waals surface area contributed by atoms with Gasteiger partial charge in [0.15, 0.2) is 0 Å². The summed E-state index contributed by atoms with van der Waals surface area (Å²) in [5, 5.41) is 4.00. The molecule has 0 fully saturated rings. The van der Waals surface area contributed by atoms with Gasteiger partial charge in [0.2, 0.25) is 5.88 Å². The SMILES string of the molecule is COc1ccccc1-c1noc(N)c1-c1cccc(F)c1. The Morgan fingerprint density at radius 1 is 1.14 bits per heavy atom. The number of aromatic nitrogens is 1. The number of rotatable bonds is 3. The molecule has 0 aliphatic heterocycles. The van der Waals surface area contributed by atoms with E-state index in [2.05, 4.69) is 5.16 Å². The molecule has 0 saturated carbocycles. The van der Waals surface area contributed by atoms with E-state index in [1.807, 2.05) is 24.3 Å². The van der Waals surface area contributed by atoms with Crippen molar-refractivity contribution in [2.45, 2.75) is 0 Å². The van der Waals surface area contributed by atoms with Crippen LogP contribution in [0.1, 0.15) is 0 Å². The van der Waals surface area contributed by atoms with Gasteiger partial charge < -0.3 is 15.0 Å². The fourth-order valence-corrected chi connectivity index (χ4v) is 2.25. The van der Waals surface area contributed by atoms with Crippen molar-refractivity contribution in [3.63, 3.8) is 0 Å². The first kappa shape index (κ1) is 13.2. The van der Waals surface area contributed by atoms with E-state index >= 15 is 0 Å². The fraction of sp³-hybridized carbons (Fsp3) is 0.0625. The second kappa shape index (κ2) is 5.28. The van der Waals surface area contributed by atoms with E-state index in [-0.39, 0.29) is 11.7 Å². The van der Waals surface area contributed by atoms with Gasteiger partial charge in [-0.15, -0.1) is 0 Å². The molecule has 4 nitrogen and oxygen atoms in total. The van der Waals surface area contributed by atoms with Crippen LogP contribution in [0, 0.1) is 5.82 Å². The van der Waals surface area contributed by atoms with Crippen molar-refractivity contribution in [1.82, 2.24) is 5.16 Å². The maximum atomic E-state index is 13.5. The van der Waals surface area contributed by atoms with Crippen molar-refractivity contribution in [1.29, 1.82) is 0 Å². The molecule has 0 aliphatic carbocycles. The van der Waals surface area contributed by atoms with Gasteiger partial charge in [-0.25, -0.2) is 4.39 Å². The largest absolute Gasteiger partial charge is 0.496 e. The predicted octanol–water partition coefficient (Wildman–Crippen LogP) is 3.74. The maximum absolute atomic E-state index is 13.5. The summed E-state index contributed by atoms with van der Waals surface area (Å²) in [5.41, 5.74) is 8.28. The molecule has 3 aromatic rings. The van der Waals surface area contributed by atoms with Crippen LogP contribution in [-0.2, 0) is 0 Å². The molecule has 21 heavy (non-hydrogen) atoms. The number of hydrogen-bond donors (Lipinski definition) is 1. The lowest BCUT2D eigenvalue weighted by Gasteiger charge is -2.07. The number of halogens is 1. The van der Waals surface area contributed by atoms with Crippen molar-refractivity contribution in [3.8, 4) is 28.1 Å². The van der Waals surface area contributed by atoms with Crippen LogP contribution in [0.5, 0.6) is 5.75 Å². The summed E-state index contributed by atoms with van der Waals surface area (Å²) >= 11 is 0. The summed E-state index contributed by atoms with van der Waals surface area (Å²) in [6, 6.07) is 13.5. The Bertz CT molecular complexity index is 783. The van der Waals surface area contributed by atoms with Gasteiger partial charge >= 0.3 is 0 Å². The van der Waals surface area contributed by atoms with Gasteiger partial charge in [0.1, 0.15) is 17.3 Å².